The second kappa shape index (κ2) is 6.98. The van der Waals surface area contributed by atoms with Crippen LogP contribution in [0.15, 0.2) is 66.7 Å². The number of rotatable bonds is 3. The Morgan fingerprint density at radius 1 is 0.688 bits per heavy atom. The van der Waals surface area contributed by atoms with E-state index in [-0.39, 0.29) is 16.7 Å². The van der Waals surface area contributed by atoms with Gasteiger partial charge in [0.15, 0.2) is 0 Å². The van der Waals surface area contributed by atoms with Crippen LogP contribution in [0.4, 0.5) is 5.69 Å². The van der Waals surface area contributed by atoms with Gasteiger partial charge in [-0.1, -0.05) is 29.3 Å². The van der Waals surface area contributed by atoms with Gasteiger partial charge in [-0.15, -0.1) is 0 Å². The number of carbonyl (C=O) groups is 5. The first-order chi connectivity index (χ1) is 15.4. The van der Waals surface area contributed by atoms with Crippen molar-refractivity contribution in [1.29, 1.82) is 0 Å². The van der Waals surface area contributed by atoms with Crippen molar-refractivity contribution in [3.05, 3.63) is 100 Å². The fourth-order valence-corrected chi connectivity index (χ4v) is 3.82. The molecule has 8 nitrogen and oxygen atoms in total. The van der Waals surface area contributed by atoms with Gasteiger partial charge >= 0.3 is 5.97 Å². The summed E-state index contributed by atoms with van der Waals surface area (Å²) < 4.78 is 0. The summed E-state index contributed by atoms with van der Waals surface area (Å²) in [6.45, 7) is 1.60. The lowest BCUT2D eigenvalue weighted by molar-refractivity contribution is -0.0585. The first-order valence-electron chi connectivity index (χ1n) is 9.67. The van der Waals surface area contributed by atoms with Crippen LogP contribution < -0.4 is 4.90 Å². The van der Waals surface area contributed by atoms with Gasteiger partial charge in [0.1, 0.15) is 0 Å². The average molecular weight is 426 g/mol. The SMILES string of the molecule is Cc1cc(N2C(=O)c3ccccc3C2=O)ccc1C(=O)ON1C(=O)c2ccccc2C1=O. The first-order valence-corrected chi connectivity index (χ1v) is 9.67. The van der Waals surface area contributed by atoms with Crippen LogP contribution in [0.1, 0.15) is 57.4 Å². The molecule has 3 aromatic rings. The predicted molar refractivity (Wildman–Crippen MR) is 111 cm³/mol. The zero-order chi connectivity index (χ0) is 22.6. The van der Waals surface area contributed by atoms with Crippen molar-refractivity contribution in [2.75, 3.05) is 4.90 Å². The number of carbonyl (C=O) groups excluding carboxylic acids is 5. The molecule has 3 aromatic carbocycles. The van der Waals surface area contributed by atoms with Crippen LogP contribution in [0.5, 0.6) is 0 Å². The summed E-state index contributed by atoms with van der Waals surface area (Å²) in [7, 11) is 0. The van der Waals surface area contributed by atoms with E-state index in [9.17, 15) is 24.0 Å². The largest absolute Gasteiger partial charge is 0.364 e. The maximum atomic E-state index is 12.7. The summed E-state index contributed by atoms with van der Waals surface area (Å²) in [5, 5.41) is 0.435. The predicted octanol–water partition coefficient (Wildman–Crippen LogP) is 3.16. The zero-order valence-electron chi connectivity index (χ0n) is 16.7. The van der Waals surface area contributed by atoms with E-state index in [0.29, 0.717) is 27.4 Å². The topological polar surface area (TPSA) is 101 Å². The second-order valence-corrected chi connectivity index (χ2v) is 7.32. The zero-order valence-corrected chi connectivity index (χ0v) is 16.7. The van der Waals surface area contributed by atoms with Crippen molar-refractivity contribution in [3.8, 4) is 0 Å². The number of amides is 4. The molecule has 0 unspecified atom stereocenters. The Labute approximate surface area is 181 Å². The molecule has 0 radical (unpaired) electrons. The van der Waals surface area contributed by atoms with Crippen molar-refractivity contribution < 1.29 is 28.8 Å². The van der Waals surface area contributed by atoms with E-state index in [4.69, 9.17) is 4.84 Å². The summed E-state index contributed by atoms with van der Waals surface area (Å²) in [5.74, 6) is -3.26. The van der Waals surface area contributed by atoms with Gasteiger partial charge in [0.05, 0.1) is 33.5 Å². The standard InChI is InChI=1S/C24H14N2O6/c1-13-12-14(25-20(27)16-6-2-3-7-17(16)21(25)28)10-11-15(13)24(31)32-26-22(29)18-8-4-5-9-19(18)23(26)30/h2-12H,1H3. The third-order valence-electron chi connectivity index (χ3n) is 5.41. The van der Waals surface area contributed by atoms with Gasteiger partial charge in [-0.05, 0) is 55.0 Å². The number of hydroxylamine groups is 2. The Hall–Kier alpha value is -4.59. The number of hydrogen-bond donors (Lipinski definition) is 0. The summed E-state index contributed by atoms with van der Waals surface area (Å²) >= 11 is 0. The minimum absolute atomic E-state index is 0.0851. The van der Waals surface area contributed by atoms with E-state index in [1.807, 2.05) is 0 Å². The summed E-state index contributed by atoms with van der Waals surface area (Å²) in [5.41, 5.74) is 1.72. The molecule has 32 heavy (non-hydrogen) atoms. The minimum atomic E-state index is -0.911. The molecule has 0 saturated carbocycles. The number of hydrogen-bond acceptors (Lipinski definition) is 6. The van der Waals surface area contributed by atoms with Crippen LogP contribution in [0.3, 0.4) is 0 Å². The third kappa shape index (κ3) is 2.73. The lowest BCUT2D eigenvalue weighted by Crippen LogP contribution is -2.33. The maximum absolute atomic E-state index is 12.7. The van der Waals surface area contributed by atoms with Gasteiger partial charge in [0, 0.05) is 0 Å². The Morgan fingerprint density at radius 3 is 1.62 bits per heavy atom. The van der Waals surface area contributed by atoms with Crippen molar-refractivity contribution >= 4 is 35.3 Å². The molecular formula is C24H14N2O6. The van der Waals surface area contributed by atoms with Gasteiger partial charge in [-0.3, -0.25) is 19.2 Å². The van der Waals surface area contributed by atoms with E-state index in [0.717, 1.165) is 4.90 Å². The highest BCUT2D eigenvalue weighted by atomic mass is 16.7. The van der Waals surface area contributed by atoms with Gasteiger partial charge in [-0.2, -0.15) is 0 Å². The van der Waals surface area contributed by atoms with Crippen LogP contribution in [0.2, 0.25) is 0 Å². The number of fused-ring (bicyclic) bond motifs is 2. The Kier molecular flexibility index (Phi) is 4.23. The smallest absolute Gasteiger partial charge is 0.324 e. The molecule has 2 aliphatic rings. The highest BCUT2D eigenvalue weighted by Crippen LogP contribution is 2.30. The van der Waals surface area contributed by atoms with E-state index < -0.39 is 29.6 Å². The first kappa shape index (κ1) is 19.4. The van der Waals surface area contributed by atoms with Gasteiger partial charge in [0.25, 0.3) is 23.6 Å². The van der Waals surface area contributed by atoms with E-state index >= 15 is 0 Å². The highest BCUT2D eigenvalue weighted by Gasteiger charge is 2.39. The van der Waals surface area contributed by atoms with Gasteiger partial charge < -0.3 is 4.84 Å². The van der Waals surface area contributed by atoms with Crippen molar-refractivity contribution in [3.63, 3.8) is 0 Å². The molecule has 8 heteroatoms. The van der Waals surface area contributed by atoms with Gasteiger partial charge in [-0.25, -0.2) is 9.69 Å². The second-order valence-electron chi connectivity index (χ2n) is 7.32. The molecular weight excluding hydrogens is 412 g/mol. The normalized spacial score (nSPS) is 14.7. The Bertz CT molecular complexity index is 1310. The summed E-state index contributed by atoms with van der Waals surface area (Å²) in [6, 6.07) is 17.0. The quantitative estimate of drug-likeness (QED) is 0.597. The number of aryl methyl sites for hydroxylation is 1. The molecule has 0 N–H and O–H groups in total. The van der Waals surface area contributed by atoms with Crippen LogP contribution in [0, 0.1) is 6.92 Å². The molecule has 2 aliphatic heterocycles. The maximum Gasteiger partial charge on any atom is 0.364 e. The molecule has 0 spiro atoms. The van der Waals surface area contributed by atoms with E-state index in [1.165, 1.54) is 30.3 Å². The fraction of sp³-hybridized carbons (Fsp3) is 0.0417. The molecule has 156 valence electrons. The lowest BCUT2D eigenvalue weighted by Gasteiger charge is -2.17. The average Bonchev–Trinajstić information content (AvgIpc) is 3.19. The molecule has 0 atom stereocenters. The number of benzene rings is 3. The third-order valence-corrected chi connectivity index (χ3v) is 5.41. The molecule has 5 rings (SSSR count). The van der Waals surface area contributed by atoms with Crippen LogP contribution >= 0.6 is 0 Å². The number of imide groups is 2. The Balaban J connectivity index is 1.40. The van der Waals surface area contributed by atoms with Crippen LogP contribution in [-0.4, -0.2) is 34.7 Å². The number of nitrogens with zero attached hydrogens (tertiary/aromatic N) is 2. The van der Waals surface area contributed by atoms with E-state index in [2.05, 4.69) is 0 Å². The fourth-order valence-electron chi connectivity index (χ4n) is 3.82. The highest BCUT2D eigenvalue weighted by molar-refractivity contribution is 6.34. The number of anilines is 1. The summed E-state index contributed by atoms with van der Waals surface area (Å²) in [4.78, 5) is 69.0. The molecule has 0 bridgehead atoms. The molecule has 2 heterocycles. The lowest BCUT2D eigenvalue weighted by atomic mass is 10.1. The minimum Gasteiger partial charge on any atom is -0.324 e. The molecule has 0 saturated heterocycles. The van der Waals surface area contributed by atoms with Gasteiger partial charge in [0.2, 0.25) is 0 Å². The molecule has 0 fully saturated rings. The van der Waals surface area contributed by atoms with Crippen molar-refractivity contribution in [2.45, 2.75) is 6.92 Å². The monoisotopic (exact) mass is 426 g/mol. The molecule has 0 aromatic heterocycles. The van der Waals surface area contributed by atoms with Crippen LogP contribution in [-0.2, 0) is 4.84 Å². The van der Waals surface area contributed by atoms with Crippen LogP contribution in [0.25, 0.3) is 0 Å². The summed E-state index contributed by atoms with van der Waals surface area (Å²) in [6.07, 6.45) is 0. The molecule has 0 aliphatic carbocycles. The van der Waals surface area contributed by atoms with Crippen molar-refractivity contribution in [1.82, 2.24) is 5.06 Å². The van der Waals surface area contributed by atoms with Crippen molar-refractivity contribution in [2.24, 2.45) is 0 Å². The van der Waals surface area contributed by atoms with E-state index in [1.54, 1.807) is 43.3 Å². The molecule has 4 amide bonds. The Morgan fingerprint density at radius 2 is 1.16 bits per heavy atom.